The van der Waals surface area contributed by atoms with Crippen LogP contribution in [0.15, 0.2) is 24.3 Å². The third kappa shape index (κ3) is 3.61. The van der Waals surface area contributed by atoms with Gasteiger partial charge in [0.05, 0.1) is 13.7 Å². The summed E-state index contributed by atoms with van der Waals surface area (Å²) in [5.74, 6) is 1.75. The third-order valence-corrected chi connectivity index (χ3v) is 4.93. The Bertz CT molecular complexity index is 510. The maximum absolute atomic E-state index is 12.2. The Morgan fingerprint density at radius 1 is 1.32 bits per heavy atom. The molecule has 4 nitrogen and oxygen atoms in total. The number of hydrogen-bond acceptors (Lipinski definition) is 3. The number of benzene rings is 1. The molecule has 1 aliphatic heterocycles. The second kappa shape index (κ2) is 6.69. The Kier molecular flexibility index (Phi) is 4.67. The van der Waals surface area contributed by atoms with Crippen LogP contribution < -0.4 is 10.1 Å². The zero-order valence-electron chi connectivity index (χ0n) is 13.5. The molecule has 1 aliphatic carbocycles. The molecular formula is C18H26N2O2. The van der Waals surface area contributed by atoms with Gasteiger partial charge in [0, 0.05) is 12.1 Å². The first-order valence-electron chi connectivity index (χ1n) is 8.34. The monoisotopic (exact) mass is 302 g/mol. The minimum atomic E-state index is 0.166. The van der Waals surface area contributed by atoms with Gasteiger partial charge in [-0.2, -0.15) is 0 Å². The van der Waals surface area contributed by atoms with E-state index in [9.17, 15) is 4.79 Å². The number of carbonyl (C=O) groups is 1. The van der Waals surface area contributed by atoms with Gasteiger partial charge in [-0.05, 0) is 62.8 Å². The van der Waals surface area contributed by atoms with Crippen LogP contribution in [-0.4, -0.2) is 37.0 Å². The van der Waals surface area contributed by atoms with Crippen molar-refractivity contribution < 1.29 is 9.53 Å². The summed E-state index contributed by atoms with van der Waals surface area (Å²) < 4.78 is 5.22. The molecule has 1 amide bonds. The number of nitrogens with one attached hydrogen (secondary N) is 1. The van der Waals surface area contributed by atoms with E-state index in [0.717, 1.165) is 25.1 Å². The molecule has 2 aliphatic rings. The van der Waals surface area contributed by atoms with Crippen LogP contribution in [0.25, 0.3) is 0 Å². The second-order valence-corrected chi connectivity index (χ2v) is 6.60. The molecule has 1 N–H and O–H groups in total. The van der Waals surface area contributed by atoms with Crippen molar-refractivity contribution in [1.82, 2.24) is 10.2 Å². The van der Waals surface area contributed by atoms with Crippen LogP contribution in [0, 0.1) is 5.92 Å². The van der Waals surface area contributed by atoms with Gasteiger partial charge in [0.2, 0.25) is 5.91 Å². The van der Waals surface area contributed by atoms with Crippen molar-refractivity contribution in [2.24, 2.45) is 5.92 Å². The topological polar surface area (TPSA) is 41.6 Å². The summed E-state index contributed by atoms with van der Waals surface area (Å²) in [7, 11) is 1.68. The number of carbonyl (C=O) groups excluding carboxylic acids is 1. The van der Waals surface area contributed by atoms with Gasteiger partial charge >= 0.3 is 0 Å². The van der Waals surface area contributed by atoms with Crippen molar-refractivity contribution in [3.63, 3.8) is 0 Å². The van der Waals surface area contributed by atoms with Gasteiger partial charge in [-0.25, -0.2) is 0 Å². The van der Waals surface area contributed by atoms with Crippen LogP contribution in [-0.2, 0) is 4.79 Å². The molecule has 1 heterocycles. The molecule has 2 fully saturated rings. The highest BCUT2D eigenvalue weighted by Crippen LogP contribution is 2.33. The van der Waals surface area contributed by atoms with E-state index in [4.69, 9.17) is 4.74 Å². The third-order valence-electron chi connectivity index (χ3n) is 4.93. The fraction of sp³-hybridized carbons (Fsp3) is 0.611. The Labute approximate surface area is 132 Å². The number of amides is 1. The fourth-order valence-corrected chi connectivity index (χ4v) is 3.42. The highest BCUT2D eigenvalue weighted by Gasteiger charge is 2.31. The molecule has 0 radical (unpaired) electrons. The Morgan fingerprint density at radius 3 is 2.68 bits per heavy atom. The summed E-state index contributed by atoms with van der Waals surface area (Å²) in [5, 5.41) is 3.16. The molecule has 2 unspecified atom stereocenters. The van der Waals surface area contributed by atoms with E-state index in [0.29, 0.717) is 24.5 Å². The zero-order chi connectivity index (χ0) is 15.5. The fourth-order valence-electron chi connectivity index (χ4n) is 3.42. The van der Waals surface area contributed by atoms with E-state index >= 15 is 0 Å². The lowest BCUT2D eigenvalue weighted by atomic mass is 10.0. The van der Waals surface area contributed by atoms with Crippen molar-refractivity contribution in [2.75, 3.05) is 20.2 Å². The van der Waals surface area contributed by atoms with Crippen molar-refractivity contribution >= 4 is 5.91 Å². The molecule has 4 heteroatoms. The van der Waals surface area contributed by atoms with E-state index in [-0.39, 0.29) is 5.91 Å². The second-order valence-electron chi connectivity index (χ2n) is 6.60. The molecule has 0 spiro atoms. The van der Waals surface area contributed by atoms with Crippen molar-refractivity contribution in [3.05, 3.63) is 29.8 Å². The number of methoxy groups -OCH3 is 1. The molecule has 0 aromatic heterocycles. The number of hydrogen-bond donors (Lipinski definition) is 1. The molecule has 120 valence electrons. The highest BCUT2D eigenvalue weighted by molar-refractivity contribution is 5.78. The van der Waals surface area contributed by atoms with Crippen molar-refractivity contribution in [2.45, 2.75) is 44.7 Å². The lowest BCUT2D eigenvalue weighted by Gasteiger charge is -2.25. The van der Waals surface area contributed by atoms with Crippen LogP contribution in [0.4, 0.5) is 0 Å². The maximum atomic E-state index is 12.2. The molecule has 1 aromatic rings. The molecule has 1 saturated carbocycles. The number of nitrogens with zero attached hydrogens (tertiary/aromatic N) is 1. The summed E-state index contributed by atoms with van der Waals surface area (Å²) in [5.41, 5.74) is 1.28. The number of likely N-dealkylation sites (tertiary alicyclic amines) is 1. The smallest absolute Gasteiger partial charge is 0.234 e. The van der Waals surface area contributed by atoms with E-state index < -0.39 is 0 Å². The SMILES string of the molecule is COc1ccc(C2CCCN2CC(=O)NC(C)C2CC2)cc1. The Morgan fingerprint density at radius 2 is 2.05 bits per heavy atom. The minimum absolute atomic E-state index is 0.166. The summed E-state index contributed by atoms with van der Waals surface area (Å²) >= 11 is 0. The summed E-state index contributed by atoms with van der Waals surface area (Å²) in [6, 6.07) is 8.92. The van der Waals surface area contributed by atoms with Crippen LogP contribution in [0.1, 0.15) is 44.2 Å². The van der Waals surface area contributed by atoms with Crippen LogP contribution in [0.2, 0.25) is 0 Å². The van der Waals surface area contributed by atoms with Gasteiger partial charge in [-0.3, -0.25) is 9.69 Å². The van der Waals surface area contributed by atoms with Crippen molar-refractivity contribution in [1.29, 1.82) is 0 Å². The number of ether oxygens (including phenoxy) is 1. The normalized spacial score (nSPS) is 23.3. The summed E-state index contributed by atoms with van der Waals surface area (Å²) in [6.07, 6.45) is 4.80. The van der Waals surface area contributed by atoms with Crippen LogP contribution in [0.3, 0.4) is 0 Å². The van der Waals surface area contributed by atoms with E-state index in [2.05, 4.69) is 29.3 Å². The van der Waals surface area contributed by atoms with Gasteiger partial charge in [-0.15, -0.1) is 0 Å². The first kappa shape index (κ1) is 15.3. The van der Waals surface area contributed by atoms with Crippen LogP contribution >= 0.6 is 0 Å². The zero-order valence-corrected chi connectivity index (χ0v) is 13.5. The van der Waals surface area contributed by atoms with E-state index in [1.165, 1.54) is 18.4 Å². The average molecular weight is 302 g/mol. The van der Waals surface area contributed by atoms with E-state index in [1.54, 1.807) is 7.11 Å². The quantitative estimate of drug-likeness (QED) is 0.878. The first-order valence-corrected chi connectivity index (χ1v) is 8.34. The van der Waals surface area contributed by atoms with Gasteiger partial charge in [0.1, 0.15) is 5.75 Å². The Balaban J connectivity index is 1.58. The van der Waals surface area contributed by atoms with Crippen molar-refractivity contribution in [3.8, 4) is 5.75 Å². The minimum Gasteiger partial charge on any atom is -0.497 e. The highest BCUT2D eigenvalue weighted by atomic mass is 16.5. The average Bonchev–Trinajstić information content (AvgIpc) is 3.28. The largest absolute Gasteiger partial charge is 0.497 e. The molecule has 0 bridgehead atoms. The number of rotatable bonds is 6. The maximum Gasteiger partial charge on any atom is 0.234 e. The molecule has 22 heavy (non-hydrogen) atoms. The summed E-state index contributed by atoms with van der Waals surface area (Å²) in [4.78, 5) is 14.5. The van der Waals surface area contributed by atoms with Gasteiger partial charge < -0.3 is 10.1 Å². The van der Waals surface area contributed by atoms with Gasteiger partial charge in [0.15, 0.2) is 0 Å². The molecule has 1 aromatic carbocycles. The summed E-state index contributed by atoms with van der Waals surface area (Å²) in [6.45, 7) is 3.64. The van der Waals surface area contributed by atoms with E-state index in [1.807, 2.05) is 12.1 Å². The lowest BCUT2D eigenvalue weighted by Crippen LogP contribution is -2.41. The molecule has 2 atom stereocenters. The predicted octanol–water partition coefficient (Wildman–Crippen LogP) is 2.75. The first-order chi connectivity index (χ1) is 10.7. The Hall–Kier alpha value is -1.55. The molecular weight excluding hydrogens is 276 g/mol. The molecule has 1 saturated heterocycles. The standard InChI is InChI=1S/C18H26N2O2/c1-13(14-5-6-14)19-18(21)12-20-11-3-4-17(20)15-7-9-16(22-2)10-8-15/h7-10,13-14,17H,3-6,11-12H2,1-2H3,(H,19,21). The molecule has 3 rings (SSSR count). The predicted molar refractivity (Wildman–Crippen MR) is 86.9 cm³/mol. The van der Waals surface area contributed by atoms with Crippen LogP contribution in [0.5, 0.6) is 5.75 Å². The lowest BCUT2D eigenvalue weighted by molar-refractivity contribution is -0.123. The van der Waals surface area contributed by atoms with Gasteiger partial charge in [0.25, 0.3) is 0 Å². The van der Waals surface area contributed by atoms with Gasteiger partial charge in [-0.1, -0.05) is 12.1 Å².